The number of anilines is 1. The number of ether oxygens (including phenoxy) is 1. The highest BCUT2D eigenvalue weighted by atomic mass is 79.9. The van der Waals surface area contributed by atoms with Crippen molar-refractivity contribution in [3.05, 3.63) is 28.2 Å². The van der Waals surface area contributed by atoms with E-state index >= 15 is 0 Å². The number of methoxy groups -OCH3 is 1. The zero-order valence-corrected chi connectivity index (χ0v) is 11.5. The van der Waals surface area contributed by atoms with Crippen LogP contribution < -0.4 is 10.6 Å². The van der Waals surface area contributed by atoms with Gasteiger partial charge in [0.25, 0.3) is 0 Å². The van der Waals surface area contributed by atoms with Crippen molar-refractivity contribution in [1.29, 1.82) is 0 Å². The predicted molar refractivity (Wildman–Crippen MR) is 71.8 cm³/mol. The number of nitrogens with two attached hydrogens (primary N) is 1. The molecule has 1 aromatic rings. The molecule has 4 heteroatoms. The Balaban J connectivity index is 2.80. The minimum atomic E-state index is 0.561. The standard InChI is InChI=1S/C12H19BrN2O/c1-3-15(6-7-16-2)11-5-4-10(9-14)12(13)8-11/h4-5,8H,3,6-7,9,14H2,1-2H3. The second-order valence-corrected chi connectivity index (χ2v) is 4.41. The first-order valence-corrected chi connectivity index (χ1v) is 6.24. The molecule has 1 aromatic carbocycles. The van der Waals surface area contributed by atoms with E-state index in [1.807, 2.05) is 0 Å². The fourth-order valence-electron chi connectivity index (χ4n) is 1.57. The van der Waals surface area contributed by atoms with Gasteiger partial charge in [0.1, 0.15) is 0 Å². The first-order valence-electron chi connectivity index (χ1n) is 5.45. The molecule has 3 nitrogen and oxygen atoms in total. The third kappa shape index (κ3) is 3.47. The van der Waals surface area contributed by atoms with Crippen molar-refractivity contribution in [1.82, 2.24) is 0 Å². The lowest BCUT2D eigenvalue weighted by molar-refractivity contribution is 0.205. The first kappa shape index (κ1) is 13.5. The minimum absolute atomic E-state index is 0.561. The second kappa shape index (κ2) is 6.89. The maximum atomic E-state index is 5.63. The molecule has 0 aliphatic rings. The van der Waals surface area contributed by atoms with Gasteiger partial charge in [0, 0.05) is 36.9 Å². The topological polar surface area (TPSA) is 38.5 Å². The van der Waals surface area contributed by atoms with Crippen LogP contribution in [0.1, 0.15) is 12.5 Å². The molecule has 0 bridgehead atoms. The van der Waals surface area contributed by atoms with E-state index in [1.165, 1.54) is 5.69 Å². The van der Waals surface area contributed by atoms with Crippen LogP contribution in [-0.4, -0.2) is 26.8 Å². The monoisotopic (exact) mass is 286 g/mol. The molecule has 0 amide bonds. The third-order valence-electron chi connectivity index (χ3n) is 2.57. The first-order chi connectivity index (χ1) is 7.72. The van der Waals surface area contributed by atoms with Gasteiger partial charge in [-0.2, -0.15) is 0 Å². The van der Waals surface area contributed by atoms with Crippen molar-refractivity contribution in [2.75, 3.05) is 31.7 Å². The molecule has 0 saturated carbocycles. The summed E-state index contributed by atoms with van der Waals surface area (Å²) in [4.78, 5) is 2.27. The Kier molecular flexibility index (Phi) is 5.80. The molecule has 0 radical (unpaired) electrons. The summed E-state index contributed by atoms with van der Waals surface area (Å²) in [6.07, 6.45) is 0. The van der Waals surface area contributed by atoms with Crippen molar-refractivity contribution >= 4 is 21.6 Å². The summed E-state index contributed by atoms with van der Waals surface area (Å²) in [5.41, 5.74) is 7.95. The van der Waals surface area contributed by atoms with E-state index < -0.39 is 0 Å². The highest BCUT2D eigenvalue weighted by molar-refractivity contribution is 9.10. The van der Waals surface area contributed by atoms with Crippen LogP contribution in [0.15, 0.2) is 22.7 Å². The molecule has 0 unspecified atom stereocenters. The van der Waals surface area contributed by atoms with E-state index in [0.29, 0.717) is 6.54 Å². The zero-order valence-electron chi connectivity index (χ0n) is 9.87. The average molecular weight is 287 g/mol. The van der Waals surface area contributed by atoms with Crippen LogP contribution in [0.3, 0.4) is 0 Å². The number of nitrogens with zero attached hydrogens (tertiary/aromatic N) is 1. The van der Waals surface area contributed by atoms with Crippen molar-refractivity contribution in [2.24, 2.45) is 5.73 Å². The lowest BCUT2D eigenvalue weighted by Crippen LogP contribution is -2.26. The molecular formula is C12H19BrN2O. The van der Waals surface area contributed by atoms with Crippen LogP contribution in [0.5, 0.6) is 0 Å². The van der Waals surface area contributed by atoms with Gasteiger partial charge in [0.05, 0.1) is 6.61 Å². The van der Waals surface area contributed by atoms with Gasteiger partial charge < -0.3 is 15.4 Å². The number of rotatable bonds is 6. The van der Waals surface area contributed by atoms with Gasteiger partial charge in [-0.15, -0.1) is 0 Å². The summed E-state index contributed by atoms with van der Waals surface area (Å²) in [6, 6.07) is 6.28. The smallest absolute Gasteiger partial charge is 0.0637 e. The minimum Gasteiger partial charge on any atom is -0.383 e. The summed E-state index contributed by atoms with van der Waals surface area (Å²) in [5, 5.41) is 0. The van der Waals surface area contributed by atoms with Crippen molar-refractivity contribution in [3.63, 3.8) is 0 Å². The van der Waals surface area contributed by atoms with Crippen LogP contribution in [0.4, 0.5) is 5.69 Å². The predicted octanol–water partition coefficient (Wildman–Crippen LogP) is 2.38. The Morgan fingerprint density at radius 3 is 2.69 bits per heavy atom. The molecule has 0 atom stereocenters. The fourth-order valence-corrected chi connectivity index (χ4v) is 2.10. The van der Waals surface area contributed by atoms with E-state index in [9.17, 15) is 0 Å². The van der Waals surface area contributed by atoms with Crippen molar-refractivity contribution in [2.45, 2.75) is 13.5 Å². The van der Waals surface area contributed by atoms with E-state index in [4.69, 9.17) is 10.5 Å². The summed E-state index contributed by atoms with van der Waals surface area (Å²) in [5.74, 6) is 0. The average Bonchev–Trinajstić information content (AvgIpc) is 2.30. The Morgan fingerprint density at radius 2 is 2.19 bits per heavy atom. The molecule has 1 rings (SSSR count). The fraction of sp³-hybridized carbons (Fsp3) is 0.500. The number of halogens is 1. The second-order valence-electron chi connectivity index (χ2n) is 3.55. The maximum Gasteiger partial charge on any atom is 0.0637 e. The van der Waals surface area contributed by atoms with Gasteiger partial charge >= 0.3 is 0 Å². The van der Waals surface area contributed by atoms with Gasteiger partial charge in [-0.1, -0.05) is 22.0 Å². The molecule has 2 N–H and O–H groups in total. The Morgan fingerprint density at radius 1 is 1.44 bits per heavy atom. The zero-order chi connectivity index (χ0) is 12.0. The number of benzene rings is 1. The molecule has 0 aliphatic heterocycles. The Bertz CT molecular complexity index is 331. The number of hydrogen-bond donors (Lipinski definition) is 1. The molecular weight excluding hydrogens is 268 g/mol. The molecule has 0 saturated heterocycles. The lowest BCUT2D eigenvalue weighted by Gasteiger charge is -2.23. The van der Waals surface area contributed by atoms with E-state index in [1.54, 1.807) is 7.11 Å². The van der Waals surface area contributed by atoms with Crippen molar-refractivity contribution < 1.29 is 4.74 Å². The van der Waals surface area contributed by atoms with Gasteiger partial charge in [-0.3, -0.25) is 0 Å². The molecule has 16 heavy (non-hydrogen) atoms. The Labute approximate surface area is 106 Å². The molecule has 0 aliphatic carbocycles. The SMILES string of the molecule is CCN(CCOC)c1ccc(CN)c(Br)c1. The van der Waals surface area contributed by atoms with E-state index in [-0.39, 0.29) is 0 Å². The maximum absolute atomic E-state index is 5.63. The normalized spacial score (nSPS) is 10.5. The Hall–Kier alpha value is -0.580. The number of hydrogen-bond acceptors (Lipinski definition) is 3. The summed E-state index contributed by atoms with van der Waals surface area (Å²) >= 11 is 3.54. The summed E-state index contributed by atoms with van der Waals surface area (Å²) in [6.45, 7) is 5.31. The highest BCUT2D eigenvalue weighted by Crippen LogP contribution is 2.23. The lowest BCUT2D eigenvalue weighted by atomic mass is 10.2. The largest absolute Gasteiger partial charge is 0.383 e. The van der Waals surface area contributed by atoms with Gasteiger partial charge in [-0.05, 0) is 24.6 Å². The summed E-state index contributed by atoms with van der Waals surface area (Å²) in [7, 11) is 1.72. The van der Waals surface area contributed by atoms with Crippen molar-refractivity contribution in [3.8, 4) is 0 Å². The van der Waals surface area contributed by atoms with Gasteiger partial charge in [0.2, 0.25) is 0 Å². The molecule has 0 fully saturated rings. The van der Waals surface area contributed by atoms with E-state index in [0.717, 1.165) is 29.7 Å². The van der Waals surface area contributed by atoms with E-state index in [2.05, 4.69) is 46.0 Å². The van der Waals surface area contributed by atoms with Crippen LogP contribution >= 0.6 is 15.9 Å². The van der Waals surface area contributed by atoms with Crippen LogP contribution in [0.25, 0.3) is 0 Å². The van der Waals surface area contributed by atoms with Crippen LogP contribution in [0, 0.1) is 0 Å². The van der Waals surface area contributed by atoms with Crippen LogP contribution in [0.2, 0.25) is 0 Å². The third-order valence-corrected chi connectivity index (χ3v) is 3.31. The summed E-state index contributed by atoms with van der Waals surface area (Å²) < 4.78 is 6.17. The van der Waals surface area contributed by atoms with Gasteiger partial charge in [0.15, 0.2) is 0 Å². The molecule has 90 valence electrons. The van der Waals surface area contributed by atoms with Gasteiger partial charge in [-0.25, -0.2) is 0 Å². The number of likely N-dealkylation sites (N-methyl/N-ethyl adjacent to an activating group) is 1. The molecule has 0 spiro atoms. The molecule has 0 heterocycles. The van der Waals surface area contributed by atoms with Crippen LogP contribution in [-0.2, 0) is 11.3 Å². The quantitative estimate of drug-likeness (QED) is 0.873. The molecule has 0 aromatic heterocycles. The highest BCUT2D eigenvalue weighted by Gasteiger charge is 2.06.